The normalized spacial score (nSPS) is 15.0. The number of hydrogen-bond donors (Lipinski definition) is 1. The molecule has 0 aromatic heterocycles. The Morgan fingerprint density at radius 3 is 2.32 bits per heavy atom. The molecule has 5 heteroatoms. The summed E-state index contributed by atoms with van der Waals surface area (Å²) in [6.07, 6.45) is 1.43. The van der Waals surface area contributed by atoms with Gasteiger partial charge in [0, 0.05) is 30.3 Å². The van der Waals surface area contributed by atoms with Crippen molar-refractivity contribution < 1.29 is 14.0 Å². The summed E-state index contributed by atoms with van der Waals surface area (Å²) in [5.41, 5.74) is 2.15. The third-order valence-electron chi connectivity index (χ3n) is 4.60. The molecule has 0 spiro atoms. The maximum absolute atomic E-state index is 12.9. The average molecular weight is 340 g/mol. The first-order valence-electron chi connectivity index (χ1n) is 8.46. The summed E-state index contributed by atoms with van der Waals surface area (Å²) in [4.78, 5) is 26.6. The van der Waals surface area contributed by atoms with Crippen molar-refractivity contribution >= 4 is 11.8 Å². The Morgan fingerprint density at radius 1 is 1.04 bits per heavy atom. The molecular weight excluding hydrogens is 319 g/mol. The Hall–Kier alpha value is -2.69. The topological polar surface area (TPSA) is 49.4 Å². The van der Waals surface area contributed by atoms with Gasteiger partial charge in [0.05, 0.1) is 0 Å². The molecule has 4 nitrogen and oxygen atoms in total. The van der Waals surface area contributed by atoms with Crippen molar-refractivity contribution in [3.05, 3.63) is 71.0 Å². The molecule has 1 heterocycles. The van der Waals surface area contributed by atoms with Crippen LogP contribution in [0, 0.1) is 12.7 Å². The highest BCUT2D eigenvalue weighted by Crippen LogP contribution is 2.17. The Balaban J connectivity index is 1.55. The Kier molecular flexibility index (Phi) is 5.12. The van der Waals surface area contributed by atoms with E-state index in [2.05, 4.69) is 5.32 Å². The summed E-state index contributed by atoms with van der Waals surface area (Å²) in [6.45, 7) is 3.16. The molecule has 2 amide bonds. The van der Waals surface area contributed by atoms with Gasteiger partial charge in [-0.25, -0.2) is 4.39 Å². The predicted octanol–water partition coefficient (Wildman–Crippen LogP) is 3.17. The SMILES string of the molecule is Cc1ccccc1C(=O)N1CCC(NC(=O)c2ccc(F)cc2)CC1. The van der Waals surface area contributed by atoms with Gasteiger partial charge in [-0.2, -0.15) is 0 Å². The fourth-order valence-corrected chi connectivity index (χ4v) is 3.08. The van der Waals surface area contributed by atoms with Crippen molar-refractivity contribution in [2.24, 2.45) is 0 Å². The average Bonchev–Trinajstić information content (AvgIpc) is 2.63. The number of likely N-dealkylation sites (tertiary alicyclic amines) is 1. The largest absolute Gasteiger partial charge is 0.349 e. The smallest absolute Gasteiger partial charge is 0.254 e. The van der Waals surface area contributed by atoms with Crippen molar-refractivity contribution in [3.8, 4) is 0 Å². The van der Waals surface area contributed by atoms with Gasteiger partial charge in [-0.3, -0.25) is 9.59 Å². The lowest BCUT2D eigenvalue weighted by Crippen LogP contribution is -2.46. The van der Waals surface area contributed by atoms with E-state index in [1.807, 2.05) is 36.1 Å². The van der Waals surface area contributed by atoms with Crippen LogP contribution < -0.4 is 5.32 Å². The molecule has 130 valence electrons. The predicted molar refractivity (Wildman–Crippen MR) is 94.0 cm³/mol. The zero-order valence-corrected chi connectivity index (χ0v) is 14.2. The summed E-state index contributed by atoms with van der Waals surface area (Å²) in [5.74, 6) is -0.523. The molecular formula is C20H21FN2O2. The number of rotatable bonds is 3. The quantitative estimate of drug-likeness (QED) is 0.933. The number of carbonyl (C=O) groups is 2. The second-order valence-corrected chi connectivity index (χ2v) is 6.36. The van der Waals surface area contributed by atoms with E-state index in [0.29, 0.717) is 31.5 Å². The third-order valence-corrected chi connectivity index (χ3v) is 4.60. The fourth-order valence-electron chi connectivity index (χ4n) is 3.08. The van der Waals surface area contributed by atoms with Crippen LogP contribution in [0.15, 0.2) is 48.5 Å². The minimum absolute atomic E-state index is 0.0264. The second kappa shape index (κ2) is 7.47. The number of amides is 2. The Morgan fingerprint density at radius 2 is 1.68 bits per heavy atom. The summed E-state index contributed by atoms with van der Waals surface area (Å²) in [6, 6.07) is 13.1. The molecule has 2 aromatic rings. The highest BCUT2D eigenvalue weighted by molar-refractivity contribution is 5.96. The number of piperidine rings is 1. The van der Waals surface area contributed by atoms with Gasteiger partial charge >= 0.3 is 0 Å². The van der Waals surface area contributed by atoms with Crippen LogP contribution >= 0.6 is 0 Å². The molecule has 1 N–H and O–H groups in total. The van der Waals surface area contributed by atoms with Gasteiger partial charge in [-0.15, -0.1) is 0 Å². The van der Waals surface area contributed by atoms with Crippen LogP contribution in [-0.4, -0.2) is 35.8 Å². The Labute approximate surface area is 146 Å². The van der Waals surface area contributed by atoms with Gasteiger partial charge in [0.1, 0.15) is 5.82 Å². The first-order valence-corrected chi connectivity index (χ1v) is 8.46. The van der Waals surface area contributed by atoms with Crippen LogP contribution in [0.1, 0.15) is 39.1 Å². The van der Waals surface area contributed by atoms with Crippen molar-refractivity contribution in [2.45, 2.75) is 25.8 Å². The second-order valence-electron chi connectivity index (χ2n) is 6.36. The van der Waals surface area contributed by atoms with E-state index in [4.69, 9.17) is 0 Å². The highest BCUT2D eigenvalue weighted by atomic mass is 19.1. The number of benzene rings is 2. The van der Waals surface area contributed by atoms with E-state index in [1.54, 1.807) is 0 Å². The highest BCUT2D eigenvalue weighted by Gasteiger charge is 2.25. The van der Waals surface area contributed by atoms with Gasteiger partial charge in [0.25, 0.3) is 11.8 Å². The monoisotopic (exact) mass is 340 g/mol. The third kappa shape index (κ3) is 4.05. The van der Waals surface area contributed by atoms with Gasteiger partial charge < -0.3 is 10.2 Å². The van der Waals surface area contributed by atoms with E-state index in [-0.39, 0.29) is 23.7 Å². The minimum Gasteiger partial charge on any atom is -0.349 e. The number of aryl methyl sites for hydroxylation is 1. The number of nitrogens with zero attached hydrogens (tertiary/aromatic N) is 1. The maximum Gasteiger partial charge on any atom is 0.254 e. The number of halogens is 1. The van der Waals surface area contributed by atoms with Gasteiger partial charge in [0.2, 0.25) is 0 Å². The van der Waals surface area contributed by atoms with Crippen molar-refractivity contribution in [1.29, 1.82) is 0 Å². The Bertz CT molecular complexity index is 766. The van der Waals surface area contributed by atoms with Crippen LogP contribution in [-0.2, 0) is 0 Å². The zero-order chi connectivity index (χ0) is 17.8. The summed E-state index contributed by atoms with van der Waals surface area (Å²) < 4.78 is 12.9. The lowest BCUT2D eigenvalue weighted by atomic mass is 10.0. The fraction of sp³-hybridized carbons (Fsp3) is 0.300. The lowest BCUT2D eigenvalue weighted by Gasteiger charge is -2.32. The molecule has 0 bridgehead atoms. The number of carbonyl (C=O) groups excluding carboxylic acids is 2. The standard InChI is InChI=1S/C20H21FN2O2/c1-14-4-2-3-5-18(14)20(25)23-12-10-17(11-13-23)22-19(24)15-6-8-16(21)9-7-15/h2-9,17H,10-13H2,1H3,(H,22,24). The molecule has 0 aliphatic carbocycles. The van der Waals surface area contributed by atoms with Gasteiger partial charge in [-0.05, 0) is 55.7 Å². The molecule has 1 fully saturated rings. The number of nitrogens with one attached hydrogen (secondary N) is 1. The zero-order valence-electron chi connectivity index (χ0n) is 14.2. The molecule has 25 heavy (non-hydrogen) atoms. The molecule has 3 rings (SSSR count). The van der Waals surface area contributed by atoms with Gasteiger partial charge in [-0.1, -0.05) is 18.2 Å². The van der Waals surface area contributed by atoms with Crippen LogP contribution in [0.3, 0.4) is 0 Å². The molecule has 0 saturated carbocycles. The van der Waals surface area contributed by atoms with Crippen molar-refractivity contribution in [1.82, 2.24) is 10.2 Å². The first kappa shape index (κ1) is 17.1. The molecule has 1 aliphatic rings. The van der Waals surface area contributed by atoms with E-state index in [1.165, 1.54) is 24.3 Å². The molecule has 1 saturated heterocycles. The van der Waals surface area contributed by atoms with Crippen LogP contribution in [0.2, 0.25) is 0 Å². The number of hydrogen-bond acceptors (Lipinski definition) is 2. The minimum atomic E-state index is -0.362. The van der Waals surface area contributed by atoms with Gasteiger partial charge in [0.15, 0.2) is 0 Å². The van der Waals surface area contributed by atoms with Crippen LogP contribution in [0.4, 0.5) is 4.39 Å². The van der Waals surface area contributed by atoms with E-state index in [0.717, 1.165) is 11.1 Å². The summed E-state index contributed by atoms with van der Waals surface area (Å²) in [7, 11) is 0. The van der Waals surface area contributed by atoms with Crippen LogP contribution in [0.5, 0.6) is 0 Å². The van der Waals surface area contributed by atoms with E-state index >= 15 is 0 Å². The van der Waals surface area contributed by atoms with Crippen molar-refractivity contribution in [2.75, 3.05) is 13.1 Å². The molecule has 0 radical (unpaired) electrons. The molecule has 1 aliphatic heterocycles. The van der Waals surface area contributed by atoms with Crippen molar-refractivity contribution in [3.63, 3.8) is 0 Å². The van der Waals surface area contributed by atoms with Crippen LogP contribution in [0.25, 0.3) is 0 Å². The molecule has 0 atom stereocenters. The maximum atomic E-state index is 12.9. The van der Waals surface area contributed by atoms with E-state index < -0.39 is 0 Å². The molecule has 2 aromatic carbocycles. The van der Waals surface area contributed by atoms with E-state index in [9.17, 15) is 14.0 Å². The lowest BCUT2D eigenvalue weighted by molar-refractivity contribution is 0.0697. The summed E-state index contributed by atoms with van der Waals surface area (Å²) >= 11 is 0. The first-order chi connectivity index (χ1) is 12.0. The summed E-state index contributed by atoms with van der Waals surface area (Å²) in [5, 5.41) is 2.97. The molecule has 0 unspecified atom stereocenters.